The van der Waals surface area contributed by atoms with E-state index >= 15 is 0 Å². The second-order valence-corrected chi connectivity index (χ2v) is 5.00. The topological polar surface area (TPSA) is 47.2 Å². The molecule has 116 valence electrons. The lowest BCUT2D eigenvalue weighted by Gasteiger charge is -2.06. The summed E-state index contributed by atoms with van der Waals surface area (Å²) in [5.74, 6) is -0.329. The van der Waals surface area contributed by atoms with E-state index in [1.807, 2.05) is 18.2 Å². The molecule has 4 nitrogen and oxygen atoms in total. The summed E-state index contributed by atoms with van der Waals surface area (Å²) >= 11 is 0. The second-order valence-electron chi connectivity index (χ2n) is 5.00. The molecule has 1 aromatic carbocycles. The van der Waals surface area contributed by atoms with Crippen molar-refractivity contribution in [2.24, 2.45) is 0 Å². The first-order chi connectivity index (χ1) is 10.1. The molecular weight excluding hydrogens is 346 g/mol. The Morgan fingerprint density at radius 1 is 1.00 bits per heavy atom. The van der Waals surface area contributed by atoms with Crippen molar-refractivity contribution >= 4 is 11.8 Å². The molecule has 0 aliphatic heterocycles. The Hall–Kier alpha value is -2.01. The molecule has 2 rings (SSSR count). The third kappa shape index (κ3) is 5.07. The Morgan fingerprint density at radius 3 is 2.14 bits per heavy atom. The highest BCUT2D eigenvalue weighted by molar-refractivity contribution is 5.95. The van der Waals surface area contributed by atoms with Crippen molar-refractivity contribution in [2.75, 3.05) is 0 Å². The fourth-order valence-corrected chi connectivity index (χ4v) is 1.86. The number of benzene rings is 1. The predicted molar refractivity (Wildman–Crippen MR) is 78.0 cm³/mol. The molecule has 0 saturated heterocycles. The van der Waals surface area contributed by atoms with E-state index in [2.05, 4.69) is 0 Å². The standard InChI is InChI=1S/C17H18NO3.BrH/c1-13(2)21-17(20)15-8-10-18(11-9-15)12-16(19)14-6-4-3-5-7-14;/h3-11,13H,12H2,1-2H3;1H/q+1;/p-1. The summed E-state index contributed by atoms with van der Waals surface area (Å²) in [6.07, 6.45) is 3.26. The number of ether oxygens (including phenoxy) is 1. The van der Waals surface area contributed by atoms with E-state index in [-0.39, 0.29) is 41.4 Å². The molecule has 0 atom stereocenters. The zero-order valence-corrected chi connectivity index (χ0v) is 14.1. The van der Waals surface area contributed by atoms with Gasteiger partial charge in [-0.2, -0.15) is 4.57 Å². The van der Waals surface area contributed by atoms with Gasteiger partial charge in [-0.25, -0.2) is 4.79 Å². The molecule has 0 bridgehead atoms. The van der Waals surface area contributed by atoms with Crippen LogP contribution in [0.4, 0.5) is 0 Å². The Morgan fingerprint density at radius 2 is 1.59 bits per heavy atom. The molecule has 1 heterocycles. The Kier molecular flexibility index (Phi) is 6.92. The molecule has 0 aliphatic rings. The van der Waals surface area contributed by atoms with Crippen molar-refractivity contribution in [1.29, 1.82) is 0 Å². The number of pyridine rings is 1. The highest BCUT2D eigenvalue weighted by atomic mass is 79.9. The third-order valence-electron chi connectivity index (χ3n) is 2.89. The molecule has 22 heavy (non-hydrogen) atoms. The van der Waals surface area contributed by atoms with Crippen molar-refractivity contribution < 1.29 is 35.9 Å². The Balaban J connectivity index is 0.00000242. The van der Waals surface area contributed by atoms with Gasteiger partial charge in [0.25, 0.3) is 0 Å². The number of nitrogens with zero attached hydrogens (tertiary/aromatic N) is 1. The summed E-state index contributed by atoms with van der Waals surface area (Å²) in [5.41, 5.74) is 1.15. The van der Waals surface area contributed by atoms with Crippen molar-refractivity contribution in [1.82, 2.24) is 0 Å². The van der Waals surface area contributed by atoms with Crippen LogP contribution in [0, 0.1) is 0 Å². The molecule has 0 fully saturated rings. The Bertz CT molecular complexity index is 624. The largest absolute Gasteiger partial charge is 1.00 e. The second kappa shape index (κ2) is 8.44. The minimum atomic E-state index is -0.355. The summed E-state index contributed by atoms with van der Waals surface area (Å²) in [6, 6.07) is 12.4. The van der Waals surface area contributed by atoms with Gasteiger partial charge in [-0.3, -0.25) is 4.79 Å². The number of carbonyl (C=O) groups excluding carboxylic acids is 2. The zero-order chi connectivity index (χ0) is 15.2. The normalized spacial score (nSPS) is 9.95. The van der Waals surface area contributed by atoms with Crippen molar-refractivity contribution in [3.63, 3.8) is 0 Å². The van der Waals surface area contributed by atoms with Gasteiger partial charge in [0, 0.05) is 17.7 Å². The van der Waals surface area contributed by atoms with Gasteiger partial charge in [-0.05, 0) is 13.8 Å². The molecule has 0 unspecified atom stereocenters. The number of esters is 1. The molecule has 0 radical (unpaired) electrons. The van der Waals surface area contributed by atoms with Crippen LogP contribution in [-0.2, 0) is 11.3 Å². The van der Waals surface area contributed by atoms with Crippen molar-refractivity contribution in [3.8, 4) is 0 Å². The van der Waals surface area contributed by atoms with Crippen LogP contribution in [0.15, 0.2) is 54.9 Å². The van der Waals surface area contributed by atoms with Gasteiger partial charge in [0.1, 0.15) is 0 Å². The molecule has 0 amide bonds. The minimum Gasteiger partial charge on any atom is -1.00 e. The number of hydrogen-bond acceptors (Lipinski definition) is 3. The lowest BCUT2D eigenvalue weighted by molar-refractivity contribution is -0.683. The van der Waals surface area contributed by atoms with Crippen LogP contribution in [0.25, 0.3) is 0 Å². The molecule has 0 spiro atoms. The van der Waals surface area contributed by atoms with Crippen LogP contribution >= 0.6 is 0 Å². The van der Waals surface area contributed by atoms with Gasteiger partial charge >= 0.3 is 5.97 Å². The van der Waals surface area contributed by atoms with Crippen LogP contribution in [-0.4, -0.2) is 17.9 Å². The number of rotatable bonds is 5. The lowest BCUT2D eigenvalue weighted by Crippen LogP contribution is -3.00. The highest BCUT2D eigenvalue weighted by Gasteiger charge is 2.14. The predicted octanol–water partition coefficient (Wildman–Crippen LogP) is -0.574. The Labute approximate surface area is 140 Å². The summed E-state index contributed by atoms with van der Waals surface area (Å²) in [5, 5.41) is 0. The maximum atomic E-state index is 12.1. The zero-order valence-electron chi connectivity index (χ0n) is 12.5. The average molecular weight is 364 g/mol. The molecule has 0 N–H and O–H groups in total. The van der Waals surface area contributed by atoms with Gasteiger partial charge in [0.2, 0.25) is 12.3 Å². The van der Waals surface area contributed by atoms with E-state index < -0.39 is 0 Å². The van der Waals surface area contributed by atoms with E-state index in [0.29, 0.717) is 11.1 Å². The van der Waals surface area contributed by atoms with Crippen LogP contribution in [0.1, 0.15) is 34.6 Å². The number of halogens is 1. The fourth-order valence-electron chi connectivity index (χ4n) is 1.86. The quantitative estimate of drug-likeness (QED) is 0.406. The van der Waals surface area contributed by atoms with Gasteiger partial charge in [0.05, 0.1) is 11.7 Å². The monoisotopic (exact) mass is 363 g/mol. The van der Waals surface area contributed by atoms with Crippen LogP contribution < -0.4 is 21.5 Å². The molecule has 2 aromatic rings. The summed E-state index contributed by atoms with van der Waals surface area (Å²) in [6.45, 7) is 3.85. The molecule has 0 aliphatic carbocycles. The van der Waals surface area contributed by atoms with Gasteiger partial charge < -0.3 is 21.7 Å². The van der Waals surface area contributed by atoms with E-state index in [1.165, 1.54) is 0 Å². The molecule has 0 saturated carbocycles. The summed E-state index contributed by atoms with van der Waals surface area (Å²) in [7, 11) is 0. The minimum absolute atomic E-state index is 0. The van der Waals surface area contributed by atoms with E-state index in [9.17, 15) is 9.59 Å². The van der Waals surface area contributed by atoms with Crippen molar-refractivity contribution in [2.45, 2.75) is 26.5 Å². The average Bonchev–Trinajstić information content (AvgIpc) is 2.48. The molecule has 5 heteroatoms. The number of ketones is 1. The first kappa shape index (κ1) is 18.0. The van der Waals surface area contributed by atoms with Gasteiger partial charge in [0.15, 0.2) is 12.4 Å². The van der Waals surface area contributed by atoms with Crippen molar-refractivity contribution in [3.05, 3.63) is 66.0 Å². The van der Waals surface area contributed by atoms with Crippen LogP contribution in [0.5, 0.6) is 0 Å². The number of aromatic nitrogens is 1. The first-order valence-electron chi connectivity index (χ1n) is 6.84. The summed E-state index contributed by atoms with van der Waals surface area (Å²) < 4.78 is 6.85. The highest BCUT2D eigenvalue weighted by Crippen LogP contribution is 2.03. The smallest absolute Gasteiger partial charge is 0.338 e. The van der Waals surface area contributed by atoms with E-state index in [1.54, 1.807) is 55.1 Å². The number of carbonyl (C=O) groups is 2. The summed E-state index contributed by atoms with van der Waals surface area (Å²) in [4.78, 5) is 23.8. The molecule has 1 aromatic heterocycles. The number of Topliss-reactive ketones (excluding diaryl/α,β-unsaturated/α-hetero) is 1. The third-order valence-corrected chi connectivity index (χ3v) is 2.89. The first-order valence-corrected chi connectivity index (χ1v) is 6.84. The molecular formula is C17H18BrNO3. The number of hydrogen-bond donors (Lipinski definition) is 0. The van der Waals surface area contributed by atoms with Crippen LogP contribution in [0.3, 0.4) is 0 Å². The van der Waals surface area contributed by atoms with Crippen LogP contribution in [0.2, 0.25) is 0 Å². The lowest BCUT2D eigenvalue weighted by atomic mass is 10.1. The van der Waals surface area contributed by atoms with Gasteiger partial charge in [-0.15, -0.1) is 0 Å². The SMILES string of the molecule is CC(C)OC(=O)c1cc[n+](CC(=O)c2ccccc2)cc1.[Br-]. The van der Waals surface area contributed by atoms with E-state index in [0.717, 1.165) is 0 Å². The van der Waals surface area contributed by atoms with Gasteiger partial charge in [-0.1, -0.05) is 30.3 Å². The fraction of sp³-hybridized carbons (Fsp3) is 0.235. The maximum absolute atomic E-state index is 12.1. The maximum Gasteiger partial charge on any atom is 0.338 e. The van der Waals surface area contributed by atoms with E-state index in [4.69, 9.17) is 4.74 Å².